The van der Waals surface area contributed by atoms with Gasteiger partial charge in [0.25, 0.3) is 7.19 Å². The Morgan fingerprint density at radius 1 is 1.50 bits per heavy atom. The minimum absolute atomic E-state index is 0.247. The molecule has 3 nitrogen and oxygen atoms in total. The highest BCUT2D eigenvalue weighted by atomic mass is 127. The molecule has 0 heterocycles. The molecule has 0 aromatic rings. The molecule has 5 heteroatoms. The number of halogens is 1. The average Bonchev–Trinajstić information content (AvgIpc) is 2.12. The van der Waals surface area contributed by atoms with Crippen LogP contribution in [0.4, 0.5) is 0 Å². The van der Waals surface area contributed by atoms with E-state index in [0.29, 0.717) is 0 Å². The summed E-state index contributed by atoms with van der Waals surface area (Å²) in [6.45, 7) is 0. The van der Waals surface area contributed by atoms with E-state index in [1.807, 2.05) is 0 Å². The molecule has 0 aromatic heterocycles. The van der Waals surface area contributed by atoms with Crippen LogP contribution in [0.2, 0.25) is 0 Å². The lowest BCUT2D eigenvalue weighted by Crippen LogP contribution is -2.19. The molecule has 0 saturated heterocycles. The quantitative estimate of drug-likeness (QED) is 0.567. The molecular formula is C3H6INO2S. The molecule has 48 valence electrons. The van der Waals surface area contributed by atoms with E-state index in [4.69, 9.17) is 0 Å². The summed E-state index contributed by atoms with van der Waals surface area (Å²) in [5, 5.41) is 0. The van der Waals surface area contributed by atoms with Crippen molar-refractivity contribution in [3.63, 3.8) is 0 Å². The zero-order valence-corrected chi connectivity index (χ0v) is 7.07. The molecule has 1 aliphatic carbocycles. The zero-order valence-electron chi connectivity index (χ0n) is 4.09. The fourth-order valence-corrected chi connectivity index (χ4v) is 2.11. The highest BCUT2D eigenvalue weighted by molar-refractivity contribution is 14.2. The minimum atomic E-state index is -2.94. The van der Waals surface area contributed by atoms with Crippen molar-refractivity contribution >= 4 is 28.4 Å². The van der Waals surface area contributed by atoms with Gasteiger partial charge >= 0.3 is 0 Å². The third kappa shape index (κ3) is 2.83. The Morgan fingerprint density at radius 2 is 2.00 bits per heavy atom. The molecule has 0 spiro atoms. The van der Waals surface area contributed by atoms with Crippen molar-refractivity contribution in [3.05, 3.63) is 0 Å². The highest BCUT2D eigenvalue weighted by Crippen LogP contribution is 2.20. The van der Waals surface area contributed by atoms with Crippen LogP contribution < -0.4 is 4.72 Å². The molecule has 0 bridgehead atoms. The molecular weight excluding hydrogens is 241 g/mol. The smallest absolute Gasteiger partial charge is 0.204 e. The van der Waals surface area contributed by atoms with Crippen molar-refractivity contribution < 1.29 is 8.42 Å². The first-order chi connectivity index (χ1) is 3.58. The second-order valence-electron chi connectivity index (χ2n) is 1.83. The Kier molecular flexibility index (Phi) is 1.78. The normalized spacial score (nSPS) is 21.1. The van der Waals surface area contributed by atoms with Gasteiger partial charge in [0, 0.05) is 6.04 Å². The van der Waals surface area contributed by atoms with Gasteiger partial charge in [-0.2, -0.15) is 0 Å². The highest BCUT2D eigenvalue weighted by Gasteiger charge is 2.24. The van der Waals surface area contributed by atoms with Gasteiger partial charge in [0.2, 0.25) is 0 Å². The summed E-state index contributed by atoms with van der Waals surface area (Å²) < 4.78 is 23.2. The molecule has 1 rings (SSSR count). The van der Waals surface area contributed by atoms with Crippen molar-refractivity contribution in [3.8, 4) is 0 Å². The summed E-state index contributed by atoms with van der Waals surface area (Å²) in [4.78, 5) is 0. The third-order valence-corrected chi connectivity index (χ3v) is 2.26. The maximum absolute atomic E-state index is 10.4. The van der Waals surface area contributed by atoms with Crippen molar-refractivity contribution in [2.45, 2.75) is 18.9 Å². The number of rotatable bonds is 2. The summed E-state index contributed by atoms with van der Waals surface area (Å²) in [7, 11) is -2.94. The van der Waals surface area contributed by atoms with Gasteiger partial charge in [0.05, 0.1) is 21.2 Å². The Balaban J connectivity index is 2.38. The number of hydrogen-bond acceptors (Lipinski definition) is 2. The largest absolute Gasteiger partial charge is 0.265 e. The maximum Gasteiger partial charge on any atom is 0.265 e. The van der Waals surface area contributed by atoms with Crippen LogP contribution in [0.15, 0.2) is 0 Å². The van der Waals surface area contributed by atoms with Crippen molar-refractivity contribution in [2.24, 2.45) is 0 Å². The SMILES string of the molecule is O=S(=O)(I)NC1CC1. The zero-order chi connectivity index (χ0) is 6.20. The van der Waals surface area contributed by atoms with Gasteiger partial charge in [-0.15, -0.1) is 0 Å². The van der Waals surface area contributed by atoms with Crippen LogP contribution in [0.1, 0.15) is 12.8 Å². The van der Waals surface area contributed by atoms with Crippen molar-refractivity contribution in [1.82, 2.24) is 4.72 Å². The first-order valence-electron chi connectivity index (χ1n) is 2.30. The monoisotopic (exact) mass is 247 g/mol. The fourth-order valence-electron chi connectivity index (χ4n) is 0.400. The summed E-state index contributed by atoms with van der Waals surface area (Å²) in [5.74, 6) is 0. The lowest BCUT2D eigenvalue weighted by atomic mass is 10.8. The fraction of sp³-hybridized carbons (Fsp3) is 1.00. The lowest BCUT2D eigenvalue weighted by molar-refractivity contribution is 0.599. The molecule has 0 unspecified atom stereocenters. The second kappa shape index (κ2) is 2.11. The molecule has 0 aromatic carbocycles. The van der Waals surface area contributed by atoms with E-state index in [9.17, 15) is 8.42 Å². The maximum atomic E-state index is 10.4. The van der Waals surface area contributed by atoms with Gasteiger partial charge in [-0.1, -0.05) is 0 Å². The Hall–Kier alpha value is 0.640. The van der Waals surface area contributed by atoms with Gasteiger partial charge < -0.3 is 0 Å². The summed E-state index contributed by atoms with van der Waals surface area (Å²) >= 11 is 1.39. The number of nitrogens with one attached hydrogen (secondary N) is 1. The first-order valence-corrected chi connectivity index (χ1v) is 6.32. The van der Waals surface area contributed by atoms with Gasteiger partial charge in [-0.3, -0.25) is 0 Å². The number of hydrogen-bond donors (Lipinski definition) is 1. The summed E-state index contributed by atoms with van der Waals surface area (Å²) in [5.41, 5.74) is 0. The van der Waals surface area contributed by atoms with Crippen LogP contribution >= 0.6 is 21.2 Å². The van der Waals surface area contributed by atoms with E-state index < -0.39 is 7.19 Å². The predicted octanol–water partition coefficient (Wildman–Crippen LogP) is 0.418. The lowest BCUT2D eigenvalue weighted by Gasteiger charge is -1.92. The summed E-state index contributed by atoms with van der Waals surface area (Å²) in [6, 6.07) is 0.247. The van der Waals surface area contributed by atoms with E-state index in [1.54, 1.807) is 0 Å². The molecule has 1 aliphatic rings. The first kappa shape index (κ1) is 6.76. The second-order valence-corrected chi connectivity index (χ2v) is 6.42. The van der Waals surface area contributed by atoms with Crippen LogP contribution in [0.25, 0.3) is 0 Å². The van der Waals surface area contributed by atoms with E-state index in [2.05, 4.69) is 4.72 Å². The van der Waals surface area contributed by atoms with E-state index >= 15 is 0 Å². The molecule has 0 radical (unpaired) electrons. The Labute approximate surface area is 60.5 Å². The third-order valence-electron chi connectivity index (χ3n) is 0.885. The van der Waals surface area contributed by atoms with Gasteiger partial charge in [0.1, 0.15) is 0 Å². The Morgan fingerprint density at radius 3 is 2.12 bits per heavy atom. The van der Waals surface area contributed by atoms with Gasteiger partial charge in [-0.05, 0) is 12.8 Å². The molecule has 8 heavy (non-hydrogen) atoms. The van der Waals surface area contributed by atoms with E-state index in [0.717, 1.165) is 12.8 Å². The standard InChI is InChI=1S/C3H6INO2S/c4-8(6,7)5-3-1-2-3/h3,5H,1-2H2. The molecule has 0 amide bonds. The van der Waals surface area contributed by atoms with Crippen LogP contribution in [0.3, 0.4) is 0 Å². The molecule has 1 fully saturated rings. The van der Waals surface area contributed by atoms with Crippen LogP contribution in [-0.2, 0) is 7.19 Å². The van der Waals surface area contributed by atoms with Gasteiger partial charge in [-0.25, -0.2) is 13.1 Å². The van der Waals surface area contributed by atoms with E-state index in [1.165, 1.54) is 21.2 Å². The van der Waals surface area contributed by atoms with Crippen LogP contribution in [-0.4, -0.2) is 14.5 Å². The van der Waals surface area contributed by atoms with Crippen LogP contribution in [0.5, 0.6) is 0 Å². The topological polar surface area (TPSA) is 46.2 Å². The molecule has 1 N–H and O–H groups in total. The van der Waals surface area contributed by atoms with E-state index in [-0.39, 0.29) is 6.04 Å². The average molecular weight is 247 g/mol. The van der Waals surface area contributed by atoms with Gasteiger partial charge in [0.15, 0.2) is 0 Å². The summed E-state index contributed by atoms with van der Waals surface area (Å²) in [6.07, 6.45) is 2.00. The van der Waals surface area contributed by atoms with Crippen LogP contribution in [0, 0.1) is 0 Å². The predicted molar refractivity (Wildman–Crippen MR) is 39.1 cm³/mol. The van der Waals surface area contributed by atoms with Crippen molar-refractivity contribution in [1.29, 1.82) is 0 Å². The Bertz CT molecular complexity index is 172. The molecule has 1 saturated carbocycles. The minimum Gasteiger partial charge on any atom is -0.204 e. The molecule has 0 atom stereocenters. The molecule has 0 aliphatic heterocycles. The van der Waals surface area contributed by atoms with Crippen molar-refractivity contribution in [2.75, 3.05) is 0 Å².